The van der Waals surface area contributed by atoms with Crippen LogP contribution >= 0.6 is 0 Å². The third kappa shape index (κ3) is 2.62. The van der Waals surface area contributed by atoms with Crippen molar-refractivity contribution in [3.05, 3.63) is 29.2 Å². The quantitative estimate of drug-likeness (QED) is 0.584. The molecule has 4 aromatic rings. The number of nitrogens with zero attached hydrogens (tertiary/aromatic N) is 7. The summed E-state index contributed by atoms with van der Waals surface area (Å²) in [7, 11) is 0. The Hall–Kier alpha value is -3.07. The van der Waals surface area contributed by atoms with Gasteiger partial charge >= 0.3 is 0 Å². The smallest absolute Gasteiger partial charge is 0.182 e. The minimum atomic E-state index is 0.690. The molecule has 1 N–H and O–H groups in total. The molecule has 28 heavy (non-hydrogen) atoms. The second kappa shape index (κ2) is 6.52. The van der Waals surface area contributed by atoms with E-state index in [-0.39, 0.29) is 0 Å². The molecule has 5 rings (SSSR count). The summed E-state index contributed by atoms with van der Waals surface area (Å²) >= 11 is 0. The molecule has 144 valence electrons. The second-order valence-electron chi connectivity index (χ2n) is 7.13. The molecule has 4 aromatic heterocycles. The topological polar surface area (TPSA) is 99.5 Å². The summed E-state index contributed by atoms with van der Waals surface area (Å²) in [5.74, 6) is 0. The summed E-state index contributed by atoms with van der Waals surface area (Å²) in [6.07, 6.45) is 1.07. The van der Waals surface area contributed by atoms with Gasteiger partial charge in [0.2, 0.25) is 0 Å². The Morgan fingerprint density at radius 1 is 1.14 bits per heavy atom. The molecular weight excluding hydrogens is 356 g/mol. The number of hydrogen-bond donors (Lipinski definition) is 1. The first-order valence-corrected chi connectivity index (χ1v) is 9.61. The zero-order chi connectivity index (χ0) is 19.3. The second-order valence-corrected chi connectivity index (χ2v) is 7.13. The molecule has 1 aliphatic rings. The van der Waals surface area contributed by atoms with Gasteiger partial charge in [-0.05, 0) is 51.0 Å². The minimum absolute atomic E-state index is 0.690. The van der Waals surface area contributed by atoms with Crippen molar-refractivity contribution in [1.29, 1.82) is 0 Å². The molecule has 0 saturated heterocycles. The van der Waals surface area contributed by atoms with Crippen LogP contribution in [-0.4, -0.2) is 41.4 Å². The molecule has 0 aliphatic carbocycles. The highest BCUT2D eigenvalue weighted by atomic mass is 16.6. The molecule has 0 radical (unpaired) electrons. The first-order valence-electron chi connectivity index (χ1n) is 9.61. The molecule has 0 saturated carbocycles. The van der Waals surface area contributed by atoms with Crippen molar-refractivity contribution in [1.82, 2.24) is 40.2 Å². The van der Waals surface area contributed by atoms with Crippen molar-refractivity contribution in [2.45, 2.75) is 46.8 Å². The normalized spacial score (nSPS) is 14.4. The molecule has 0 fully saturated rings. The lowest BCUT2D eigenvalue weighted by atomic mass is 10.0. The predicted molar refractivity (Wildman–Crippen MR) is 104 cm³/mol. The van der Waals surface area contributed by atoms with Crippen LogP contribution in [0.2, 0.25) is 0 Å². The Bertz CT molecular complexity index is 1140. The fourth-order valence-corrected chi connectivity index (χ4v) is 3.87. The van der Waals surface area contributed by atoms with Gasteiger partial charge in [0.25, 0.3) is 0 Å². The van der Waals surface area contributed by atoms with Gasteiger partial charge in [-0.1, -0.05) is 5.16 Å². The lowest BCUT2D eigenvalue weighted by molar-refractivity contribution is 0.306. The highest BCUT2D eigenvalue weighted by Crippen LogP contribution is 2.34. The largest absolute Gasteiger partial charge is 0.311 e. The van der Waals surface area contributed by atoms with E-state index in [0.717, 1.165) is 72.0 Å². The van der Waals surface area contributed by atoms with E-state index in [0.29, 0.717) is 5.65 Å². The van der Waals surface area contributed by atoms with E-state index < -0.39 is 0 Å². The molecule has 9 heteroatoms. The van der Waals surface area contributed by atoms with Crippen LogP contribution < -0.4 is 5.32 Å². The maximum atomic E-state index is 4.97. The summed E-state index contributed by atoms with van der Waals surface area (Å²) in [5.41, 5.74) is 6.93. The summed E-state index contributed by atoms with van der Waals surface area (Å²) in [6.45, 7) is 9.53. The van der Waals surface area contributed by atoms with E-state index in [1.807, 2.05) is 17.7 Å². The Morgan fingerprint density at radius 2 is 2.04 bits per heavy atom. The molecule has 0 amide bonds. The van der Waals surface area contributed by atoms with Crippen molar-refractivity contribution in [2.24, 2.45) is 0 Å². The van der Waals surface area contributed by atoms with Gasteiger partial charge in [0.1, 0.15) is 17.1 Å². The summed E-state index contributed by atoms with van der Waals surface area (Å²) in [5, 5.41) is 22.0. The Labute approximate surface area is 161 Å². The fraction of sp³-hybridized carbons (Fsp3) is 0.421. The van der Waals surface area contributed by atoms with Crippen molar-refractivity contribution < 1.29 is 4.63 Å². The lowest BCUT2D eigenvalue weighted by Gasteiger charge is -2.04. The molecule has 0 unspecified atom stereocenters. The van der Waals surface area contributed by atoms with Crippen LogP contribution in [0.3, 0.4) is 0 Å². The monoisotopic (exact) mass is 378 g/mol. The molecule has 0 bridgehead atoms. The van der Waals surface area contributed by atoms with Crippen LogP contribution in [0.4, 0.5) is 0 Å². The SMILES string of the molecule is CCn1nc2nc(-c3cc4n(n3)CCCNC4)cc(-c3nonc3C)c2c1C. The third-order valence-corrected chi connectivity index (χ3v) is 5.33. The van der Waals surface area contributed by atoms with Crippen molar-refractivity contribution in [2.75, 3.05) is 6.54 Å². The molecule has 9 nitrogen and oxygen atoms in total. The van der Waals surface area contributed by atoms with Crippen LogP contribution in [0.25, 0.3) is 33.7 Å². The van der Waals surface area contributed by atoms with E-state index >= 15 is 0 Å². The molecule has 0 atom stereocenters. The highest BCUT2D eigenvalue weighted by molar-refractivity contribution is 5.96. The number of pyridine rings is 1. The maximum absolute atomic E-state index is 4.97. The molecule has 0 spiro atoms. The summed E-state index contributed by atoms with van der Waals surface area (Å²) in [4.78, 5) is 4.84. The first kappa shape index (κ1) is 17.1. The van der Waals surface area contributed by atoms with Crippen LogP contribution in [0.1, 0.15) is 30.4 Å². The first-order chi connectivity index (χ1) is 13.7. The number of hydrogen-bond acceptors (Lipinski definition) is 7. The summed E-state index contributed by atoms with van der Waals surface area (Å²) < 4.78 is 9.00. The Kier molecular flexibility index (Phi) is 3.97. The van der Waals surface area contributed by atoms with Crippen LogP contribution in [0, 0.1) is 13.8 Å². The van der Waals surface area contributed by atoms with Crippen molar-refractivity contribution >= 4 is 11.0 Å². The molecular formula is C19H22N8O. The number of nitrogens with one attached hydrogen (secondary N) is 1. The van der Waals surface area contributed by atoms with E-state index in [2.05, 4.69) is 40.2 Å². The zero-order valence-electron chi connectivity index (χ0n) is 16.2. The number of aromatic nitrogens is 7. The van der Waals surface area contributed by atoms with Gasteiger partial charge < -0.3 is 5.32 Å². The standard InChI is InChI=1S/C19H22N8O/c1-4-26-12(3)17-14(18-11(2)24-28-25-18)9-15(21-19(17)23-26)16-8-13-10-20-6-5-7-27(13)22-16/h8-9,20H,4-7,10H2,1-3H3. The van der Waals surface area contributed by atoms with E-state index in [9.17, 15) is 0 Å². The average molecular weight is 378 g/mol. The number of fused-ring (bicyclic) bond motifs is 2. The van der Waals surface area contributed by atoms with Gasteiger partial charge in [0.15, 0.2) is 5.65 Å². The van der Waals surface area contributed by atoms with E-state index in [1.165, 1.54) is 5.69 Å². The van der Waals surface area contributed by atoms with Crippen LogP contribution in [0.5, 0.6) is 0 Å². The predicted octanol–water partition coefficient (Wildman–Crippen LogP) is 2.47. The van der Waals surface area contributed by atoms with Gasteiger partial charge in [-0.2, -0.15) is 10.2 Å². The maximum Gasteiger partial charge on any atom is 0.182 e. The lowest BCUT2D eigenvalue weighted by Crippen LogP contribution is -2.11. The molecule has 1 aliphatic heterocycles. The highest BCUT2D eigenvalue weighted by Gasteiger charge is 2.21. The zero-order valence-corrected chi connectivity index (χ0v) is 16.2. The molecule has 0 aromatic carbocycles. The van der Waals surface area contributed by atoms with Crippen LogP contribution in [-0.2, 0) is 19.6 Å². The van der Waals surface area contributed by atoms with Crippen molar-refractivity contribution in [3.63, 3.8) is 0 Å². The van der Waals surface area contributed by atoms with Gasteiger partial charge in [0.05, 0.1) is 16.8 Å². The summed E-state index contributed by atoms with van der Waals surface area (Å²) in [6, 6.07) is 4.13. The Balaban J connectivity index is 1.74. The Morgan fingerprint density at radius 3 is 2.82 bits per heavy atom. The van der Waals surface area contributed by atoms with Gasteiger partial charge in [-0.15, -0.1) is 0 Å². The molecule has 5 heterocycles. The van der Waals surface area contributed by atoms with Gasteiger partial charge in [-0.3, -0.25) is 9.36 Å². The van der Waals surface area contributed by atoms with E-state index in [4.69, 9.17) is 19.8 Å². The van der Waals surface area contributed by atoms with Crippen molar-refractivity contribution in [3.8, 4) is 22.6 Å². The number of aryl methyl sites for hydroxylation is 4. The average Bonchev–Trinajstić information content (AvgIpc) is 3.35. The fourth-order valence-electron chi connectivity index (χ4n) is 3.87. The van der Waals surface area contributed by atoms with Crippen LogP contribution in [0.15, 0.2) is 16.8 Å². The van der Waals surface area contributed by atoms with Gasteiger partial charge in [-0.25, -0.2) is 9.61 Å². The number of rotatable bonds is 3. The third-order valence-electron chi connectivity index (χ3n) is 5.33. The van der Waals surface area contributed by atoms with Gasteiger partial charge in [0, 0.05) is 30.9 Å². The van der Waals surface area contributed by atoms with E-state index in [1.54, 1.807) is 0 Å². The minimum Gasteiger partial charge on any atom is -0.311 e.